The van der Waals surface area contributed by atoms with Crippen molar-refractivity contribution in [3.05, 3.63) is 92.3 Å². The molecule has 2 N–H and O–H groups in total. The Bertz CT molecular complexity index is 2170. The molecule has 8 rings (SSSR count). The van der Waals surface area contributed by atoms with E-state index in [1.807, 2.05) is 35.7 Å². The number of nitrogens with one attached hydrogen (secondary N) is 1. The fourth-order valence-electron chi connectivity index (χ4n) is 7.65. The SMILES string of the molecule is Cc1nn(-c2nccc(-c3cc(Nc4ccc(N5CCN(C6COC6)C[C@@H]5C)cn4)c(=O)n(C)c3)c2CO)c(=O)c2cc3c(n12)CCCC3. The Morgan fingerprint density at radius 1 is 1.04 bits per heavy atom. The Morgan fingerprint density at radius 3 is 2.61 bits per heavy atom. The van der Waals surface area contributed by atoms with Gasteiger partial charge in [-0.1, -0.05) is 0 Å². The number of aliphatic hydroxyl groups is 1. The number of rotatable bonds is 7. The molecule has 2 saturated heterocycles. The first kappa shape index (κ1) is 31.4. The summed E-state index contributed by atoms with van der Waals surface area (Å²) >= 11 is 0. The van der Waals surface area contributed by atoms with Crippen LogP contribution in [0.5, 0.6) is 0 Å². The van der Waals surface area contributed by atoms with Crippen molar-refractivity contribution in [1.82, 2.24) is 33.6 Å². The van der Waals surface area contributed by atoms with Crippen molar-refractivity contribution in [1.29, 1.82) is 0 Å². The van der Waals surface area contributed by atoms with Crippen LogP contribution in [0.25, 0.3) is 22.5 Å². The lowest BCUT2D eigenvalue weighted by molar-refractivity contribution is -0.0691. The highest BCUT2D eigenvalue weighted by atomic mass is 16.5. The van der Waals surface area contributed by atoms with Gasteiger partial charge in [-0.3, -0.25) is 18.9 Å². The summed E-state index contributed by atoms with van der Waals surface area (Å²) in [6.45, 7) is 8.26. The number of fused-ring (bicyclic) bond motifs is 3. The molecule has 13 nitrogen and oxygen atoms in total. The van der Waals surface area contributed by atoms with E-state index in [-0.39, 0.29) is 23.5 Å². The van der Waals surface area contributed by atoms with Crippen molar-refractivity contribution in [3.63, 3.8) is 0 Å². The average molecular weight is 664 g/mol. The third-order valence-electron chi connectivity index (χ3n) is 10.3. The molecule has 0 saturated carbocycles. The van der Waals surface area contributed by atoms with Crippen LogP contribution < -0.4 is 21.3 Å². The first-order valence-electron chi connectivity index (χ1n) is 17.1. The predicted molar refractivity (Wildman–Crippen MR) is 187 cm³/mol. The molecule has 2 aliphatic heterocycles. The van der Waals surface area contributed by atoms with Crippen molar-refractivity contribution >= 4 is 22.7 Å². The van der Waals surface area contributed by atoms with E-state index in [4.69, 9.17) is 4.74 Å². The van der Waals surface area contributed by atoms with Gasteiger partial charge in [0.05, 0.1) is 37.7 Å². The lowest BCUT2D eigenvalue weighted by atomic mass is 9.98. The summed E-state index contributed by atoms with van der Waals surface area (Å²) < 4.78 is 10.1. The molecule has 0 amide bonds. The Morgan fingerprint density at radius 2 is 1.88 bits per heavy atom. The minimum absolute atomic E-state index is 0.227. The van der Waals surface area contributed by atoms with Gasteiger partial charge in [-0.2, -0.15) is 4.68 Å². The highest BCUT2D eigenvalue weighted by Crippen LogP contribution is 2.30. The lowest BCUT2D eigenvalue weighted by Crippen LogP contribution is -2.59. The highest BCUT2D eigenvalue weighted by Gasteiger charge is 2.32. The van der Waals surface area contributed by atoms with E-state index in [1.165, 1.54) is 14.8 Å². The molecule has 5 aromatic rings. The number of aromatic nitrogens is 6. The smallest absolute Gasteiger partial charge is 0.297 e. The van der Waals surface area contributed by atoms with Gasteiger partial charge in [-0.05, 0) is 81.0 Å². The largest absolute Gasteiger partial charge is 0.392 e. The number of nitrogens with zero attached hydrogens (tertiary/aromatic N) is 8. The number of pyridine rings is 3. The molecule has 3 aliphatic rings. The number of anilines is 3. The molecule has 2 fully saturated rings. The topological polar surface area (TPSA) is 135 Å². The molecule has 1 aliphatic carbocycles. The summed E-state index contributed by atoms with van der Waals surface area (Å²) in [6.07, 6.45) is 9.22. The molecule has 0 aromatic carbocycles. The minimum Gasteiger partial charge on any atom is -0.392 e. The van der Waals surface area contributed by atoms with Gasteiger partial charge in [0.2, 0.25) is 0 Å². The van der Waals surface area contributed by atoms with Crippen LogP contribution in [0.15, 0.2) is 58.5 Å². The predicted octanol–water partition coefficient (Wildman–Crippen LogP) is 2.97. The summed E-state index contributed by atoms with van der Waals surface area (Å²) in [4.78, 5) is 41.2. The molecule has 1 atom stereocenters. The molecule has 0 radical (unpaired) electrons. The van der Waals surface area contributed by atoms with Crippen molar-refractivity contribution < 1.29 is 9.84 Å². The summed E-state index contributed by atoms with van der Waals surface area (Å²) in [6, 6.07) is 10.3. The van der Waals surface area contributed by atoms with Gasteiger partial charge in [-0.25, -0.2) is 9.97 Å². The van der Waals surface area contributed by atoms with Crippen LogP contribution in [0.2, 0.25) is 0 Å². The zero-order valence-electron chi connectivity index (χ0n) is 28.1. The zero-order valence-corrected chi connectivity index (χ0v) is 28.1. The quantitative estimate of drug-likeness (QED) is 0.268. The van der Waals surface area contributed by atoms with Crippen LogP contribution >= 0.6 is 0 Å². The molecule has 0 spiro atoms. The Balaban J connectivity index is 1.09. The van der Waals surface area contributed by atoms with Crippen molar-refractivity contribution in [3.8, 4) is 16.9 Å². The maximum absolute atomic E-state index is 13.9. The minimum atomic E-state index is -0.385. The second kappa shape index (κ2) is 12.6. The standard InChI is InChI=1S/C36H41N9O4/c1-22-17-42(27-20-49-21-27)12-13-43(22)26-8-9-33(38-16-26)39-30-14-25(18-41(3)35(30)47)28-10-11-37-34(29(28)19-46)45-36(48)32-15-24-6-4-5-7-31(24)44(32)23(2)40-45/h8-11,14-16,18,22,27,46H,4-7,12-13,17,19-21H2,1-3H3,(H,38,39)/t22-/m0/s1. The van der Waals surface area contributed by atoms with Crippen LogP contribution in [0.3, 0.4) is 0 Å². The number of hydrogen-bond acceptors (Lipinski definition) is 10. The zero-order chi connectivity index (χ0) is 33.8. The Hall–Kier alpha value is -4.85. The normalized spacial score (nSPS) is 18.4. The van der Waals surface area contributed by atoms with E-state index < -0.39 is 0 Å². The molecule has 254 valence electrons. The van der Waals surface area contributed by atoms with Crippen LogP contribution in [0, 0.1) is 6.92 Å². The molecular formula is C36H41N9O4. The van der Waals surface area contributed by atoms with E-state index in [0.29, 0.717) is 51.6 Å². The monoisotopic (exact) mass is 663 g/mol. The average Bonchev–Trinajstić information content (AvgIpc) is 3.49. The van der Waals surface area contributed by atoms with Gasteiger partial charge in [0.25, 0.3) is 11.1 Å². The van der Waals surface area contributed by atoms with E-state index in [1.54, 1.807) is 31.6 Å². The number of aliphatic hydroxyl groups excluding tert-OH is 1. The fraction of sp³-hybridized carbons (Fsp3) is 0.417. The van der Waals surface area contributed by atoms with Crippen LogP contribution in [-0.4, -0.2) is 83.7 Å². The molecule has 49 heavy (non-hydrogen) atoms. The third-order valence-corrected chi connectivity index (χ3v) is 10.3. The van der Waals surface area contributed by atoms with Gasteiger partial charge in [0.1, 0.15) is 22.8 Å². The van der Waals surface area contributed by atoms with Crippen molar-refractivity contribution in [2.75, 3.05) is 43.1 Å². The number of aryl methyl sites for hydroxylation is 4. The number of ether oxygens (including phenoxy) is 1. The number of piperazine rings is 1. The first-order chi connectivity index (χ1) is 23.8. The Labute approximate surface area is 283 Å². The van der Waals surface area contributed by atoms with Gasteiger partial charge < -0.3 is 24.6 Å². The summed E-state index contributed by atoms with van der Waals surface area (Å²) in [5.74, 6) is 1.48. The van der Waals surface area contributed by atoms with Gasteiger partial charge in [0, 0.05) is 61.9 Å². The second-order valence-corrected chi connectivity index (χ2v) is 13.4. The number of hydrogen-bond donors (Lipinski definition) is 2. The molecule has 5 aromatic heterocycles. The summed E-state index contributed by atoms with van der Waals surface area (Å²) in [5, 5.41) is 18.6. The van der Waals surface area contributed by atoms with Gasteiger partial charge in [0.15, 0.2) is 5.82 Å². The van der Waals surface area contributed by atoms with Crippen LogP contribution in [-0.2, 0) is 31.2 Å². The van der Waals surface area contributed by atoms with Crippen LogP contribution in [0.4, 0.5) is 17.2 Å². The highest BCUT2D eigenvalue weighted by molar-refractivity contribution is 5.73. The van der Waals surface area contributed by atoms with E-state index in [9.17, 15) is 14.7 Å². The molecule has 0 bridgehead atoms. The van der Waals surface area contributed by atoms with Crippen molar-refractivity contribution in [2.45, 2.75) is 58.2 Å². The fourth-order valence-corrected chi connectivity index (χ4v) is 7.65. The third kappa shape index (κ3) is 5.51. The summed E-state index contributed by atoms with van der Waals surface area (Å²) in [5.41, 5.74) is 5.50. The van der Waals surface area contributed by atoms with E-state index in [2.05, 4.69) is 37.1 Å². The van der Waals surface area contributed by atoms with E-state index in [0.717, 1.165) is 69.9 Å². The molecule has 0 unspecified atom stereocenters. The van der Waals surface area contributed by atoms with Gasteiger partial charge in [-0.15, -0.1) is 5.10 Å². The molecular weight excluding hydrogens is 622 g/mol. The first-order valence-corrected chi connectivity index (χ1v) is 17.1. The van der Waals surface area contributed by atoms with Gasteiger partial charge >= 0.3 is 0 Å². The van der Waals surface area contributed by atoms with Crippen molar-refractivity contribution in [2.24, 2.45) is 7.05 Å². The maximum atomic E-state index is 13.9. The maximum Gasteiger partial charge on any atom is 0.297 e. The van der Waals surface area contributed by atoms with E-state index >= 15 is 0 Å². The molecule has 13 heteroatoms. The Kier molecular flexibility index (Phi) is 8.05. The summed E-state index contributed by atoms with van der Waals surface area (Å²) in [7, 11) is 1.68. The second-order valence-electron chi connectivity index (χ2n) is 13.4. The molecule has 7 heterocycles. The van der Waals surface area contributed by atoms with Crippen LogP contribution in [0.1, 0.15) is 42.4 Å². The lowest BCUT2D eigenvalue weighted by Gasteiger charge is -2.46.